The van der Waals surface area contributed by atoms with E-state index in [-0.39, 0.29) is 18.0 Å². The number of methoxy groups -OCH3 is 1. The van der Waals surface area contributed by atoms with Crippen molar-refractivity contribution < 1.29 is 18.7 Å². The van der Waals surface area contributed by atoms with Crippen LogP contribution < -0.4 is 14.8 Å². The van der Waals surface area contributed by atoms with Gasteiger partial charge in [-0.1, -0.05) is 0 Å². The summed E-state index contributed by atoms with van der Waals surface area (Å²) >= 11 is 0. The first-order valence-corrected chi connectivity index (χ1v) is 8.52. The number of nitrogens with zero attached hydrogens (tertiary/aromatic N) is 2. The van der Waals surface area contributed by atoms with Gasteiger partial charge in [0.1, 0.15) is 5.75 Å². The van der Waals surface area contributed by atoms with Crippen LogP contribution in [0.3, 0.4) is 0 Å². The van der Waals surface area contributed by atoms with Gasteiger partial charge in [-0.3, -0.25) is 4.79 Å². The molecule has 5 rings (SSSR count). The third-order valence-electron chi connectivity index (χ3n) is 4.97. The van der Waals surface area contributed by atoms with E-state index in [2.05, 4.69) is 15.2 Å². The Kier molecular flexibility index (Phi) is 4.31. The molecule has 0 unspecified atom stereocenters. The monoisotopic (exact) mass is 343 g/mol. The fourth-order valence-electron chi connectivity index (χ4n) is 3.54. The number of hydrogen-bond donors (Lipinski definition) is 1. The Morgan fingerprint density at radius 2 is 2.04 bits per heavy atom. The highest BCUT2D eigenvalue weighted by atomic mass is 16.6. The van der Waals surface area contributed by atoms with Crippen LogP contribution in [0.5, 0.6) is 17.7 Å². The van der Waals surface area contributed by atoms with Gasteiger partial charge in [-0.25, -0.2) is 0 Å². The molecule has 1 atom stereocenters. The first-order valence-electron chi connectivity index (χ1n) is 8.52. The second kappa shape index (κ2) is 6.76. The number of fused-ring (bicyclic) bond motifs is 3. The van der Waals surface area contributed by atoms with E-state index >= 15 is 0 Å². The number of aromatic nitrogens is 1. The van der Waals surface area contributed by atoms with E-state index < -0.39 is 0 Å². The van der Waals surface area contributed by atoms with Crippen molar-refractivity contribution in [3.05, 3.63) is 36.1 Å². The molecule has 0 spiro atoms. The SMILES string of the molecule is COc1coc(Oc2ccc(C(=O)N[C@H]3CN4CCC3CC4)cc2)n1. The molecule has 3 fully saturated rings. The molecule has 4 heterocycles. The summed E-state index contributed by atoms with van der Waals surface area (Å²) in [5.74, 6) is 1.46. The third kappa shape index (κ3) is 3.46. The number of piperidine rings is 3. The first-order chi connectivity index (χ1) is 12.2. The van der Waals surface area contributed by atoms with E-state index in [1.54, 1.807) is 24.3 Å². The van der Waals surface area contributed by atoms with E-state index in [9.17, 15) is 4.79 Å². The van der Waals surface area contributed by atoms with E-state index in [0.717, 1.165) is 19.6 Å². The Bertz CT molecular complexity index is 735. The van der Waals surface area contributed by atoms with Crippen LogP contribution in [0, 0.1) is 5.92 Å². The van der Waals surface area contributed by atoms with Crippen molar-refractivity contribution in [1.82, 2.24) is 15.2 Å². The van der Waals surface area contributed by atoms with Gasteiger partial charge in [-0.05, 0) is 56.1 Å². The van der Waals surface area contributed by atoms with Gasteiger partial charge in [0.2, 0.25) is 0 Å². The largest absolute Gasteiger partial charge is 0.479 e. The minimum Gasteiger partial charge on any atom is -0.479 e. The summed E-state index contributed by atoms with van der Waals surface area (Å²) in [6, 6.07) is 7.19. The molecular weight excluding hydrogens is 322 g/mol. The van der Waals surface area contributed by atoms with Gasteiger partial charge in [-0.2, -0.15) is 0 Å². The Morgan fingerprint density at radius 3 is 2.64 bits per heavy atom. The molecule has 0 aliphatic carbocycles. The molecule has 1 amide bonds. The number of hydrogen-bond acceptors (Lipinski definition) is 6. The molecular formula is C18H21N3O4. The zero-order chi connectivity index (χ0) is 17.2. The molecule has 25 heavy (non-hydrogen) atoms. The number of carbonyl (C=O) groups excluding carboxylic acids is 1. The molecule has 7 heteroatoms. The molecule has 0 saturated carbocycles. The summed E-state index contributed by atoms with van der Waals surface area (Å²) < 4.78 is 15.5. The van der Waals surface area contributed by atoms with E-state index in [1.165, 1.54) is 26.2 Å². The normalized spacial score (nSPS) is 24.8. The highest BCUT2D eigenvalue weighted by molar-refractivity contribution is 5.94. The Labute approximate surface area is 145 Å². The summed E-state index contributed by atoms with van der Waals surface area (Å²) in [6.45, 7) is 3.28. The van der Waals surface area contributed by atoms with E-state index in [0.29, 0.717) is 23.1 Å². The second-order valence-corrected chi connectivity index (χ2v) is 6.50. The molecule has 7 nitrogen and oxygen atoms in total. The van der Waals surface area contributed by atoms with Crippen molar-refractivity contribution in [2.45, 2.75) is 18.9 Å². The van der Waals surface area contributed by atoms with Gasteiger partial charge < -0.3 is 24.1 Å². The summed E-state index contributed by atoms with van der Waals surface area (Å²) in [6.07, 6.45) is 3.82. The van der Waals surface area contributed by atoms with Crippen molar-refractivity contribution in [3.63, 3.8) is 0 Å². The van der Waals surface area contributed by atoms with Crippen LogP contribution in [0.1, 0.15) is 23.2 Å². The Morgan fingerprint density at radius 1 is 1.28 bits per heavy atom. The van der Waals surface area contributed by atoms with E-state index in [4.69, 9.17) is 13.9 Å². The molecule has 2 aromatic rings. The van der Waals surface area contributed by atoms with Crippen LogP contribution in [0.4, 0.5) is 0 Å². The highest BCUT2D eigenvalue weighted by Crippen LogP contribution is 2.28. The van der Waals surface area contributed by atoms with Crippen LogP contribution >= 0.6 is 0 Å². The lowest BCUT2D eigenvalue weighted by molar-refractivity contribution is 0.0620. The molecule has 3 aliphatic rings. The number of oxazole rings is 1. The average molecular weight is 343 g/mol. The lowest BCUT2D eigenvalue weighted by Crippen LogP contribution is -2.57. The maximum Gasteiger partial charge on any atom is 0.402 e. The van der Waals surface area contributed by atoms with Gasteiger partial charge in [0, 0.05) is 18.2 Å². The van der Waals surface area contributed by atoms with Crippen LogP contribution in [0.25, 0.3) is 0 Å². The average Bonchev–Trinajstić information content (AvgIpc) is 3.11. The summed E-state index contributed by atoms with van der Waals surface area (Å²) in [5.41, 5.74) is 0.619. The number of carbonyl (C=O) groups is 1. The topological polar surface area (TPSA) is 76.8 Å². The number of nitrogens with one attached hydrogen (secondary N) is 1. The predicted molar refractivity (Wildman–Crippen MR) is 90.0 cm³/mol. The molecule has 3 saturated heterocycles. The van der Waals surface area contributed by atoms with E-state index in [1.807, 2.05) is 0 Å². The number of rotatable bonds is 5. The minimum atomic E-state index is -0.0388. The fourth-order valence-corrected chi connectivity index (χ4v) is 3.54. The summed E-state index contributed by atoms with van der Waals surface area (Å²) in [5, 5.41) is 3.18. The Balaban J connectivity index is 1.37. The quantitative estimate of drug-likeness (QED) is 0.898. The molecule has 1 aromatic carbocycles. The lowest BCUT2D eigenvalue weighted by Gasteiger charge is -2.44. The van der Waals surface area contributed by atoms with Crippen LogP contribution in [-0.4, -0.2) is 48.6 Å². The number of amides is 1. The van der Waals surface area contributed by atoms with Gasteiger partial charge >= 0.3 is 6.08 Å². The van der Waals surface area contributed by atoms with Crippen molar-refractivity contribution in [1.29, 1.82) is 0 Å². The minimum absolute atomic E-state index is 0.0388. The second-order valence-electron chi connectivity index (χ2n) is 6.50. The third-order valence-corrected chi connectivity index (χ3v) is 4.97. The number of benzene rings is 1. The van der Waals surface area contributed by atoms with Gasteiger partial charge in [0.15, 0.2) is 6.26 Å². The molecule has 1 aromatic heterocycles. The molecule has 1 N–H and O–H groups in total. The summed E-state index contributed by atoms with van der Waals surface area (Å²) in [4.78, 5) is 18.9. The van der Waals surface area contributed by atoms with Gasteiger partial charge in [0.05, 0.1) is 7.11 Å². The first kappa shape index (κ1) is 16.0. The predicted octanol–water partition coefficient (Wildman–Crippen LogP) is 2.30. The Hall–Kier alpha value is -2.54. The zero-order valence-corrected chi connectivity index (χ0v) is 14.1. The van der Waals surface area contributed by atoms with Gasteiger partial charge in [-0.15, -0.1) is 4.98 Å². The summed E-state index contributed by atoms with van der Waals surface area (Å²) in [7, 11) is 1.50. The van der Waals surface area contributed by atoms with Crippen molar-refractivity contribution >= 4 is 5.91 Å². The maximum atomic E-state index is 12.5. The van der Waals surface area contributed by atoms with Crippen molar-refractivity contribution in [3.8, 4) is 17.7 Å². The van der Waals surface area contributed by atoms with Crippen molar-refractivity contribution in [2.75, 3.05) is 26.7 Å². The molecule has 0 radical (unpaired) electrons. The maximum absolute atomic E-state index is 12.5. The standard InChI is InChI=1S/C18H21N3O4/c1-23-16-11-24-18(20-16)25-14-4-2-13(3-5-14)17(22)19-15-10-21-8-6-12(15)7-9-21/h2-5,11-12,15H,6-10H2,1H3,(H,19,22)/t15-/m0/s1. The lowest BCUT2D eigenvalue weighted by atomic mass is 9.84. The molecule has 3 aliphatic heterocycles. The van der Waals surface area contributed by atoms with Crippen LogP contribution in [-0.2, 0) is 0 Å². The van der Waals surface area contributed by atoms with Crippen molar-refractivity contribution in [2.24, 2.45) is 5.92 Å². The molecule has 132 valence electrons. The zero-order valence-electron chi connectivity index (χ0n) is 14.1. The fraction of sp³-hybridized carbons (Fsp3) is 0.444. The highest BCUT2D eigenvalue weighted by Gasteiger charge is 2.34. The van der Waals surface area contributed by atoms with Gasteiger partial charge in [0.25, 0.3) is 11.8 Å². The van der Waals surface area contributed by atoms with Crippen LogP contribution in [0.15, 0.2) is 34.9 Å². The van der Waals surface area contributed by atoms with Crippen LogP contribution in [0.2, 0.25) is 0 Å². The number of ether oxygens (including phenoxy) is 2. The molecule has 2 bridgehead atoms. The smallest absolute Gasteiger partial charge is 0.402 e.